The van der Waals surface area contributed by atoms with E-state index >= 15 is 0 Å². The van der Waals surface area contributed by atoms with E-state index in [-0.39, 0.29) is 12.5 Å². The number of hydrogen-bond acceptors (Lipinski definition) is 5. The second kappa shape index (κ2) is 8.33. The molecule has 0 bridgehead atoms. The van der Waals surface area contributed by atoms with Crippen LogP contribution in [-0.4, -0.2) is 50.2 Å². The molecule has 0 saturated carbocycles. The number of nitrogens with zero attached hydrogens (tertiary/aromatic N) is 3. The number of carbonyl (C=O) groups excluding carboxylic acids is 1. The van der Waals surface area contributed by atoms with Gasteiger partial charge in [0.15, 0.2) is 5.16 Å². The molecule has 1 aromatic carbocycles. The molecule has 0 aliphatic rings. The van der Waals surface area contributed by atoms with Crippen molar-refractivity contribution in [3.05, 3.63) is 41.7 Å². The fraction of sp³-hybridized carbons (Fsp3) is 0.333. The van der Waals surface area contributed by atoms with Crippen molar-refractivity contribution in [3.63, 3.8) is 0 Å². The van der Waals surface area contributed by atoms with Crippen molar-refractivity contribution in [2.24, 2.45) is 0 Å². The molecule has 2 rings (SSSR count). The summed E-state index contributed by atoms with van der Waals surface area (Å²) in [6.45, 7) is 2.05. The molecule has 2 N–H and O–H groups in total. The van der Waals surface area contributed by atoms with E-state index in [2.05, 4.69) is 15.2 Å². The second-order valence-corrected chi connectivity index (χ2v) is 5.86. The Morgan fingerprint density at radius 3 is 2.61 bits per heavy atom. The zero-order chi connectivity index (χ0) is 16.7. The number of aliphatic carboxylic acids is 1. The number of aromatic amines is 1. The second-order valence-electron chi connectivity index (χ2n) is 4.90. The Hall–Kier alpha value is -2.35. The van der Waals surface area contributed by atoms with Crippen molar-refractivity contribution in [2.45, 2.75) is 24.3 Å². The van der Waals surface area contributed by atoms with Gasteiger partial charge in [-0.05, 0) is 24.1 Å². The van der Waals surface area contributed by atoms with Crippen molar-refractivity contribution in [2.75, 3.05) is 13.1 Å². The van der Waals surface area contributed by atoms with Crippen molar-refractivity contribution < 1.29 is 14.7 Å². The maximum Gasteiger partial charge on any atom is 0.323 e. The summed E-state index contributed by atoms with van der Waals surface area (Å²) in [6, 6.07) is 7.18. The predicted molar refractivity (Wildman–Crippen MR) is 86.2 cm³/mol. The molecular weight excluding hydrogens is 316 g/mol. The largest absolute Gasteiger partial charge is 0.480 e. The maximum atomic E-state index is 12.4. The van der Waals surface area contributed by atoms with Gasteiger partial charge in [0.2, 0.25) is 0 Å². The molecule has 2 aromatic rings. The lowest BCUT2D eigenvalue weighted by Gasteiger charge is -2.20. The summed E-state index contributed by atoms with van der Waals surface area (Å²) >= 11 is 1.52. The van der Waals surface area contributed by atoms with Crippen LogP contribution in [0.3, 0.4) is 0 Å². The van der Waals surface area contributed by atoms with Crippen molar-refractivity contribution in [3.8, 4) is 0 Å². The van der Waals surface area contributed by atoms with Gasteiger partial charge in [-0.2, -0.15) is 5.10 Å². The highest BCUT2D eigenvalue weighted by Crippen LogP contribution is 2.19. The van der Waals surface area contributed by atoms with Gasteiger partial charge < -0.3 is 10.0 Å². The van der Waals surface area contributed by atoms with Crippen LogP contribution in [0.1, 0.15) is 29.3 Å². The third kappa shape index (κ3) is 5.10. The van der Waals surface area contributed by atoms with Gasteiger partial charge in [-0.1, -0.05) is 30.8 Å². The molecule has 0 atom stereocenters. The Labute approximate surface area is 138 Å². The number of rotatable bonds is 8. The Bertz CT molecular complexity index is 643. The van der Waals surface area contributed by atoms with Gasteiger partial charge in [-0.3, -0.25) is 14.7 Å². The molecule has 8 heteroatoms. The Balaban J connectivity index is 1.99. The standard InChI is InChI=1S/C15H18N4O3S/c1-2-7-19(8-13(20)21)14(22)12-5-3-11(4-6-12)9-23-15-16-10-17-18-15/h3-6,10H,2,7-9H2,1H3,(H,20,21)(H,16,17,18). The SMILES string of the molecule is CCCN(CC(=O)O)C(=O)c1ccc(CSc2ncn[nH]2)cc1. The summed E-state index contributed by atoms with van der Waals surface area (Å²) < 4.78 is 0. The minimum Gasteiger partial charge on any atom is -0.480 e. The monoisotopic (exact) mass is 334 g/mol. The van der Waals surface area contributed by atoms with Gasteiger partial charge in [0.05, 0.1) is 0 Å². The summed E-state index contributed by atoms with van der Waals surface area (Å²) in [5.41, 5.74) is 1.54. The van der Waals surface area contributed by atoms with Crippen molar-refractivity contribution in [1.29, 1.82) is 0 Å². The number of amides is 1. The molecule has 1 heterocycles. The van der Waals surface area contributed by atoms with Crippen LogP contribution in [0.4, 0.5) is 0 Å². The van der Waals surface area contributed by atoms with Gasteiger partial charge in [0.25, 0.3) is 5.91 Å². The van der Waals surface area contributed by atoms with Crippen LogP contribution >= 0.6 is 11.8 Å². The van der Waals surface area contributed by atoms with Gasteiger partial charge in [-0.25, -0.2) is 4.98 Å². The van der Waals surface area contributed by atoms with E-state index in [1.165, 1.54) is 23.0 Å². The molecular formula is C15H18N4O3S. The molecule has 0 unspecified atom stereocenters. The van der Waals surface area contributed by atoms with Gasteiger partial charge in [0, 0.05) is 17.9 Å². The fourth-order valence-electron chi connectivity index (χ4n) is 2.03. The zero-order valence-electron chi connectivity index (χ0n) is 12.7. The van der Waals surface area contributed by atoms with Gasteiger partial charge in [-0.15, -0.1) is 0 Å². The molecule has 7 nitrogen and oxygen atoms in total. The van der Waals surface area contributed by atoms with E-state index in [1.54, 1.807) is 12.1 Å². The van der Waals surface area contributed by atoms with Crippen LogP contribution in [0.2, 0.25) is 0 Å². The van der Waals surface area contributed by atoms with E-state index in [9.17, 15) is 9.59 Å². The highest BCUT2D eigenvalue weighted by atomic mass is 32.2. The number of hydrogen-bond donors (Lipinski definition) is 2. The van der Waals surface area contributed by atoms with Crippen LogP contribution < -0.4 is 0 Å². The van der Waals surface area contributed by atoms with Crippen molar-refractivity contribution >= 4 is 23.6 Å². The number of benzene rings is 1. The van der Waals surface area contributed by atoms with Crippen LogP contribution in [0.5, 0.6) is 0 Å². The van der Waals surface area contributed by atoms with Gasteiger partial charge in [0.1, 0.15) is 12.9 Å². The van der Waals surface area contributed by atoms with Crippen LogP contribution in [0.25, 0.3) is 0 Å². The smallest absolute Gasteiger partial charge is 0.323 e. The third-order valence-electron chi connectivity index (χ3n) is 3.08. The first-order chi connectivity index (χ1) is 11.1. The average Bonchev–Trinajstić information content (AvgIpc) is 3.05. The summed E-state index contributed by atoms with van der Waals surface area (Å²) in [6.07, 6.45) is 2.17. The number of H-pyrrole nitrogens is 1. The molecule has 0 radical (unpaired) electrons. The molecule has 0 aliphatic heterocycles. The number of carbonyl (C=O) groups is 2. The summed E-state index contributed by atoms with van der Waals surface area (Å²) in [4.78, 5) is 28.6. The lowest BCUT2D eigenvalue weighted by Crippen LogP contribution is -2.36. The number of nitrogens with one attached hydrogen (secondary N) is 1. The molecule has 1 aromatic heterocycles. The topological polar surface area (TPSA) is 99.2 Å². The highest BCUT2D eigenvalue weighted by Gasteiger charge is 2.17. The number of aromatic nitrogens is 3. The van der Waals surface area contributed by atoms with E-state index in [1.807, 2.05) is 19.1 Å². The molecule has 0 saturated heterocycles. The number of carboxylic acid groups (broad SMARTS) is 1. The molecule has 0 spiro atoms. The summed E-state index contributed by atoms with van der Waals surface area (Å²) in [7, 11) is 0. The zero-order valence-corrected chi connectivity index (χ0v) is 13.5. The minimum absolute atomic E-state index is 0.260. The summed E-state index contributed by atoms with van der Waals surface area (Å²) in [5, 5.41) is 16.2. The first-order valence-corrected chi connectivity index (χ1v) is 8.17. The first-order valence-electron chi connectivity index (χ1n) is 7.18. The normalized spacial score (nSPS) is 10.5. The molecule has 23 heavy (non-hydrogen) atoms. The van der Waals surface area contributed by atoms with E-state index in [0.29, 0.717) is 24.3 Å². The van der Waals surface area contributed by atoms with Crippen molar-refractivity contribution in [1.82, 2.24) is 20.1 Å². The van der Waals surface area contributed by atoms with Crippen LogP contribution in [0.15, 0.2) is 35.7 Å². The van der Waals surface area contributed by atoms with E-state index in [4.69, 9.17) is 5.11 Å². The first kappa shape index (κ1) is 17.0. The molecule has 0 fully saturated rings. The number of thioether (sulfide) groups is 1. The minimum atomic E-state index is -1.01. The lowest BCUT2D eigenvalue weighted by atomic mass is 10.1. The highest BCUT2D eigenvalue weighted by molar-refractivity contribution is 7.98. The molecule has 1 amide bonds. The van der Waals surface area contributed by atoms with E-state index in [0.717, 1.165) is 10.7 Å². The predicted octanol–water partition coefficient (Wildman–Crippen LogP) is 2.03. The molecule has 0 aliphatic carbocycles. The third-order valence-corrected chi connectivity index (χ3v) is 4.02. The Morgan fingerprint density at radius 1 is 1.30 bits per heavy atom. The van der Waals surface area contributed by atoms with Crippen LogP contribution in [0, 0.1) is 0 Å². The quantitative estimate of drug-likeness (QED) is 0.717. The Morgan fingerprint density at radius 2 is 2.04 bits per heavy atom. The lowest BCUT2D eigenvalue weighted by molar-refractivity contribution is -0.137. The Kier molecular flexibility index (Phi) is 6.16. The maximum absolute atomic E-state index is 12.4. The molecule has 122 valence electrons. The van der Waals surface area contributed by atoms with Crippen LogP contribution in [-0.2, 0) is 10.5 Å². The fourth-order valence-corrected chi connectivity index (χ4v) is 2.76. The van der Waals surface area contributed by atoms with Gasteiger partial charge >= 0.3 is 5.97 Å². The number of carboxylic acids is 1. The average molecular weight is 334 g/mol. The summed E-state index contributed by atoms with van der Waals surface area (Å²) in [5.74, 6) is -0.562. The van der Waals surface area contributed by atoms with E-state index < -0.39 is 5.97 Å².